The number of carbonyl (C=O) groups excluding carboxylic acids is 2. The van der Waals surface area contributed by atoms with E-state index in [0.29, 0.717) is 16.4 Å². The van der Waals surface area contributed by atoms with E-state index in [1.165, 1.54) is 28.4 Å². The lowest BCUT2D eigenvalue weighted by molar-refractivity contribution is -0.150. The molecule has 1 fully saturated rings. The Kier molecular flexibility index (Phi) is 6.99. The molecule has 0 radical (unpaired) electrons. The Bertz CT molecular complexity index is 1100. The number of carboxylic acid groups (broad SMARTS) is 1. The molecule has 1 saturated heterocycles. The van der Waals surface area contributed by atoms with E-state index in [0.717, 1.165) is 10.5 Å². The summed E-state index contributed by atoms with van der Waals surface area (Å²) in [7, 11) is 0. The molecule has 2 aromatic carbocycles. The van der Waals surface area contributed by atoms with Crippen molar-refractivity contribution in [2.24, 2.45) is 0 Å². The first-order valence-electron chi connectivity index (χ1n) is 10.5. The number of β-lactam (4-membered cyclic amide) rings is 1. The van der Waals surface area contributed by atoms with Gasteiger partial charge in [0.05, 0.1) is 17.4 Å². The van der Waals surface area contributed by atoms with E-state index < -0.39 is 23.3 Å². The van der Waals surface area contributed by atoms with Crippen molar-refractivity contribution >= 4 is 41.3 Å². The monoisotopic (exact) mass is 484 g/mol. The molecule has 2 aromatic rings. The summed E-state index contributed by atoms with van der Waals surface area (Å²) in [5.41, 5.74) is 0.823. The number of amides is 2. The number of hydrogen-bond donors (Lipinski definition) is 2. The van der Waals surface area contributed by atoms with Crippen molar-refractivity contribution in [2.75, 3.05) is 5.75 Å². The Labute approximate surface area is 200 Å². The van der Waals surface area contributed by atoms with Crippen molar-refractivity contribution in [3.8, 4) is 5.75 Å². The number of thioether (sulfide) groups is 2. The van der Waals surface area contributed by atoms with Gasteiger partial charge < -0.3 is 15.2 Å². The molecule has 0 unspecified atom stereocenters. The predicted octanol–water partition coefficient (Wildman–Crippen LogP) is 3.50. The van der Waals surface area contributed by atoms with Crippen LogP contribution >= 0.6 is 23.5 Å². The SMILES string of the molecule is CC(C)Oc1ccccc1SC1=C(C(=O)O)N2C(=O)[C@@H](NC(=O)Cc3ccccc3)[C@@H]2SC1. The van der Waals surface area contributed by atoms with Gasteiger partial charge in [-0.3, -0.25) is 14.5 Å². The second kappa shape index (κ2) is 9.93. The maximum atomic E-state index is 12.9. The van der Waals surface area contributed by atoms with Crippen LogP contribution in [0.1, 0.15) is 19.4 Å². The number of hydrogen-bond acceptors (Lipinski definition) is 6. The highest BCUT2D eigenvalue weighted by Gasteiger charge is 2.54. The third kappa shape index (κ3) is 5.04. The Balaban J connectivity index is 1.50. The zero-order valence-corrected chi connectivity index (χ0v) is 19.8. The van der Waals surface area contributed by atoms with E-state index in [2.05, 4.69) is 5.32 Å². The van der Waals surface area contributed by atoms with Gasteiger partial charge in [0.1, 0.15) is 22.9 Å². The number of ether oxygens (including phenoxy) is 1. The van der Waals surface area contributed by atoms with Crippen molar-refractivity contribution in [1.82, 2.24) is 10.2 Å². The summed E-state index contributed by atoms with van der Waals surface area (Å²) in [5, 5.41) is 12.3. The molecule has 0 aromatic heterocycles. The fourth-order valence-electron chi connectivity index (χ4n) is 3.69. The van der Waals surface area contributed by atoms with Crippen LogP contribution in [0.4, 0.5) is 0 Å². The molecule has 2 aliphatic heterocycles. The molecule has 7 nitrogen and oxygen atoms in total. The normalized spacial score (nSPS) is 19.7. The topological polar surface area (TPSA) is 95.9 Å². The third-order valence-electron chi connectivity index (χ3n) is 5.10. The van der Waals surface area contributed by atoms with Crippen LogP contribution in [0.15, 0.2) is 70.1 Å². The van der Waals surface area contributed by atoms with E-state index in [1.807, 2.05) is 68.4 Å². The summed E-state index contributed by atoms with van der Waals surface area (Å²) in [6, 6.07) is 16.0. The molecule has 2 amide bonds. The molecule has 2 heterocycles. The number of fused-ring (bicyclic) bond motifs is 1. The largest absolute Gasteiger partial charge is 0.490 e. The van der Waals surface area contributed by atoms with Gasteiger partial charge in [0, 0.05) is 10.7 Å². The van der Waals surface area contributed by atoms with Gasteiger partial charge in [-0.1, -0.05) is 54.2 Å². The molecule has 0 aliphatic carbocycles. The summed E-state index contributed by atoms with van der Waals surface area (Å²) in [5.74, 6) is -0.742. The van der Waals surface area contributed by atoms with Gasteiger partial charge in [0.15, 0.2) is 0 Å². The van der Waals surface area contributed by atoms with Crippen LogP contribution in [0.5, 0.6) is 5.75 Å². The maximum absolute atomic E-state index is 12.9. The number of carbonyl (C=O) groups is 3. The molecular weight excluding hydrogens is 460 g/mol. The lowest BCUT2D eigenvalue weighted by atomic mass is 10.0. The lowest BCUT2D eigenvalue weighted by Crippen LogP contribution is -2.70. The molecule has 2 aliphatic rings. The zero-order chi connectivity index (χ0) is 23.5. The first kappa shape index (κ1) is 23.3. The minimum atomic E-state index is -1.16. The van der Waals surface area contributed by atoms with Gasteiger partial charge in [-0.15, -0.1) is 11.8 Å². The first-order chi connectivity index (χ1) is 15.8. The molecule has 4 rings (SSSR count). The van der Waals surface area contributed by atoms with Gasteiger partial charge >= 0.3 is 5.97 Å². The summed E-state index contributed by atoms with van der Waals surface area (Å²) in [6.45, 7) is 3.85. The van der Waals surface area contributed by atoms with Crippen molar-refractivity contribution < 1.29 is 24.2 Å². The highest BCUT2D eigenvalue weighted by molar-refractivity contribution is 8.06. The van der Waals surface area contributed by atoms with Crippen molar-refractivity contribution in [3.63, 3.8) is 0 Å². The molecule has 2 atom stereocenters. The number of para-hydroxylation sites is 1. The summed E-state index contributed by atoms with van der Waals surface area (Å²) < 4.78 is 5.85. The molecule has 0 saturated carbocycles. The highest BCUT2D eigenvalue weighted by atomic mass is 32.2. The van der Waals surface area contributed by atoms with Gasteiger partial charge in [-0.25, -0.2) is 4.79 Å². The van der Waals surface area contributed by atoms with Crippen LogP contribution in [0.2, 0.25) is 0 Å². The van der Waals surface area contributed by atoms with Gasteiger partial charge in [-0.2, -0.15) is 0 Å². The molecule has 0 spiro atoms. The molecule has 2 N–H and O–H groups in total. The average molecular weight is 485 g/mol. The van der Waals surface area contributed by atoms with Crippen LogP contribution in [0.3, 0.4) is 0 Å². The van der Waals surface area contributed by atoms with Crippen molar-refractivity contribution in [2.45, 2.75) is 42.7 Å². The van der Waals surface area contributed by atoms with Gasteiger partial charge in [0.25, 0.3) is 5.91 Å². The maximum Gasteiger partial charge on any atom is 0.353 e. The van der Waals surface area contributed by atoms with Crippen LogP contribution in [-0.2, 0) is 20.8 Å². The quantitative estimate of drug-likeness (QED) is 0.554. The number of nitrogens with one attached hydrogen (secondary N) is 1. The number of nitrogens with zero attached hydrogens (tertiary/aromatic N) is 1. The van der Waals surface area contributed by atoms with E-state index >= 15 is 0 Å². The van der Waals surface area contributed by atoms with E-state index in [9.17, 15) is 19.5 Å². The highest BCUT2D eigenvalue weighted by Crippen LogP contribution is 2.46. The minimum absolute atomic E-state index is 0.0259. The fourth-order valence-corrected chi connectivity index (χ4v) is 6.24. The number of aliphatic carboxylic acids is 1. The van der Waals surface area contributed by atoms with Crippen LogP contribution in [0.25, 0.3) is 0 Å². The molecule has 33 heavy (non-hydrogen) atoms. The zero-order valence-electron chi connectivity index (χ0n) is 18.2. The second-order valence-electron chi connectivity index (χ2n) is 7.91. The number of rotatable bonds is 8. The molecule has 172 valence electrons. The number of carboxylic acids is 1. The van der Waals surface area contributed by atoms with E-state index in [1.54, 1.807) is 0 Å². The van der Waals surface area contributed by atoms with Crippen molar-refractivity contribution in [3.05, 3.63) is 70.8 Å². The second-order valence-corrected chi connectivity index (χ2v) is 10.2. The van der Waals surface area contributed by atoms with Crippen LogP contribution in [-0.4, -0.2) is 51.1 Å². The average Bonchev–Trinajstić information content (AvgIpc) is 2.78. The molecule has 9 heteroatoms. The lowest BCUT2D eigenvalue weighted by Gasteiger charge is -2.49. The van der Waals surface area contributed by atoms with Gasteiger partial charge in [-0.05, 0) is 31.5 Å². The first-order valence-corrected chi connectivity index (χ1v) is 12.4. The summed E-state index contributed by atoms with van der Waals surface area (Å²) >= 11 is 2.75. The molecule has 0 bridgehead atoms. The smallest absolute Gasteiger partial charge is 0.353 e. The van der Waals surface area contributed by atoms with E-state index in [4.69, 9.17) is 4.74 Å². The fraction of sp³-hybridized carbons (Fsp3) is 0.292. The molecular formula is C24H24N2O5S2. The minimum Gasteiger partial charge on any atom is -0.490 e. The van der Waals surface area contributed by atoms with Crippen LogP contribution in [0, 0.1) is 0 Å². The number of benzene rings is 2. The summed E-state index contributed by atoms with van der Waals surface area (Å²) in [6.07, 6.45) is 0.138. The predicted molar refractivity (Wildman–Crippen MR) is 128 cm³/mol. The Morgan fingerprint density at radius 3 is 2.58 bits per heavy atom. The summed E-state index contributed by atoms with van der Waals surface area (Å²) in [4.78, 5) is 40.1. The Morgan fingerprint density at radius 2 is 1.88 bits per heavy atom. The van der Waals surface area contributed by atoms with E-state index in [-0.39, 0.29) is 24.1 Å². The Hall–Kier alpha value is -2.91. The van der Waals surface area contributed by atoms with Crippen LogP contribution < -0.4 is 10.1 Å². The third-order valence-corrected chi connectivity index (χ3v) is 7.71. The standard InChI is InChI=1S/C24H24N2O5S2/c1-14(2)31-16-10-6-7-11-17(16)33-18-13-32-23-20(22(28)26(23)21(18)24(29)30)25-19(27)12-15-8-4-3-5-9-15/h3-11,14,20,23H,12-13H2,1-2H3,(H,25,27)(H,29,30)/t20-,23+/m1/s1. The van der Waals surface area contributed by atoms with Crippen molar-refractivity contribution in [1.29, 1.82) is 0 Å². The van der Waals surface area contributed by atoms with Gasteiger partial charge in [0.2, 0.25) is 5.91 Å². The Morgan fingerprint density at radius 1 is 1.18 bits per heavy atom.